The number of benzene rings is 1. The second-order valence-electron chi connectivity index (χ2n) is 6.14. The summed E-state index contributed by atoms with van der Waals surface area (Å²) in [4.78, 5) is 20.4. The first-order valence-electron chi connectivity index (χ1n) is 8.87. The van der Waals surface area contributed by atoms with E-state index in [0.29, 0.717) is 12.2 Å². The van der Waals surface area contributed by atoms with Crippen LogP contribution in [0.5, 0.6) is 0 Å². The number of carbonyl (C=O) groups is 1. The molecule has 1 aliphatic heterocycles. The number of methoxy groups -OCH3 is 1. The molecule has 2 N–H and O–H groups in total. The van der Waals surface area contributed by atoms with Crippen LogP contribution in [-0.4, -0.2) is 57.3 Å². The van der Waals surface area contributed by atoms with Crippen LogP contribution in [0.3, 0.4) is 0 Å². The Balaban J connectivity index is 1.49. The van der Waals surface area contributed by atoms with Crippen molar-refractivity contribution in [2.75, 3.05) is 50.6 Å². The number of thiophene rings is 1. The monoisotopic (exact) mass is 387 g/mol. The fourth-order valence-corrected chi connectivity index (χ4v) is 3.76. The SMILES string of the molecule is CN=C(NCc1ccc(NC(=O)OC)cc1)N1CCN(c2cccs2)CC1. The van der Waals surface area contributed by atoms with E-state index in [2.05, 4.69) is 47.7 Å². The Kier molecular flexibility index (Phi) is 6.54. The van der Waals surface area contributed by atoms with Gasteiger partial charge in [-0.1, -0.05) is 12.1 Å². The number of anilines is 2. The molecule has 1 amide bonds. The lowest BCUT2D eigenvalue weighted by Crippen LogP contribution is -2.52. The highest BCUT2D eigenvalue weighted by Crippen LogP contribution is 2.22. The Bertz CT molecular complexity index is 753. The number of nitrogens with one attached hydrogen (secondary N) is 2. The Hall–Kier alpha value is -2.74. The largest absolute Gasteiger partial charge is 0.453 e. The second kappa shape index (κ2) is 9.27. The molecule has 1 aliphatic rings. The van der Waals surface area contributed by atoms with Crippen molar-refractivity contribution in [3.63, 3.8) is 0 Å². The number of nitrogens with zero attached hydrogens (tertiary/aromatic N) is 3. The normalized spacial score (nSPS) is 14.8. The number of ether oxygens (including phenoxy) is 1. The van der Waals surface area contributed by atoms with E-state index in [1.54, 1.807) is 11.3 Å². The van der Waals surface area contributed by atoms with Crippen molar-refractivity contribution in [2.45, 2.75) is 6.54 Å². The number of carbonyl (C=O) groups excluding carboxylic acids is 1. The molecule has 1 aromatic carbocycles. The summed E-state index contributed by atoms with van der Waals surface area (Å²) in [6.45, 7) is 4.56. The van der Waals surface area contributed by atoms with Gasteiger partial charge in [-0.2, -0.15) is 0 Å². The van der Waals surface area contributed by atoms with Crippen molar-refractivity contribution in [1.29, 1.82) is 0 Å². The second-order valence-corrected chi connectivity index (χ2v) is 7.07. The van der Waals surface area contributed by atoms with Crippen molar-refractivity contribution in [3.05, 3.63) is 47.3 Å². The van der Waals surface area contributed by atoms with E-state index in [1.165, 1.54) is 12.1 Å². The van der Waals surface area contributed by atoms with Crippen LogP contribution in [0.15, 0.2) is 46.8 Å². The van der Waals surface area contributed by atoms with Crippen LogP contribution in [0.4, 0.5) is 15.5 Å². The Morgan fingerprint density at radius 1 is 1.19 bits per heavy atom. The zero-order valence-corrected chi connectivity index (χ0v) is 16.5. The first-order chi connectivity index (χ1) is 13.2. The molecule has 8 heteroatoms. The van der Waals surface area contributed by atoms with Crippen LogP contribution in [0, 0.1) is 0 Å². The summed E-state index contributed by atoms with van der Waals surface area (Å²) in [6.07, 6.45) is -0.469. The first kappa shape index (κ1) is 19.0. The molecule has 2 aromatic rings. The molecule has 27 heavy (non-hydrogen) atoms. The van der Waals surface area contributed by atoms with Gasteiger partial charge in [0, 0.05) is 45.5 Å². The zero-order chi connectivity index (χ0) is 19.1. The molecule has 1 saturated heterocycles. The molecule has 0 unspecified atom stereocenters. The maximum absolute atomic E-state index is 11.2. The molecule has 144 valence electrons. The fraction of sp³-hybridized carbons (Fsp3) is 0.368. The number of amides is 1. The molecule has 7 nitrogen and oxygen atoms in total. The molecule has 0 radical (unpaired) electrons. The third-order valence-electron chi connectivity index (χ3n) is 4.45. The van der Waals surface area contributed by atoms with Gasteiger partial charge in [-0.25, -0.2) is 4.79 Å². The number of rotatable bonds is 4. The maximum Gasteiger partial charge on any atom is 0.411 e. The summed E-state index contributed by atoms with van der Waals surface area (Å²) >= 11 is 1.79. The van der Waals surface area contributed by atoms with E-state index in [-0.39, 0.29) is 0 Å². The van der Waals surface area contributed by atoms with Crippen molar-refractivity contribution in [1.82, 2.24) is 10.2 Å². The summed E-state index contributed by atoms with van der Waals surface area (Å²) in [7, 11) is 3.16. The Morgan fingerprint density at radius 3 is 2.52 bits per heavy atom. The number of aliphatic imine (C=N–C) groups is 1. The molecule has 0 atom stereocenters. The lowest BCUT2D eigenvalue weighted by molar-refractivity contribution is 0.187. The van der Waals surface area contributed by atoms with Crippen molar-refractivity contribution in [2.24, 2.45) is 4.99 Å². The van der Waals surface area contributed by atoms with Crippen LogP contribution >= 0.6 is 11.3 Å². The van der Waals surface area contributed by atoms with Gasteiger partial charge in [-0.3, -0.25) is 10.3 Å². The van der Waals surface area contributed by atoms with Gasteiger partial charge >= 0.3 is 6.09 Å². The van der Waals surface area contributed by atoms with Crippen LogP contribution in [-0.2, 0) is 11.3 Å². The number of hydrogen-bond donors (Lipinski definition) is 2. The topological polar surface area (TPSA) is 69.2 Å². The van der Waals surface area contributed by atoms with Gasteiger partial charge in [-0.15, -0.1) is 11.3 Å². The lowest BCUT2D eigenvalue weighted by atomic mass is 10.2. The van der Waals surface area contributed by atoms with Crippen molar-refractivity contribution < 1.29 is 9.53 Å². The van der Waals surface area contributed by atoms with Gasteiger partial charge in [-0.05, 0) is 35.2 Å². The number of guanidine groups is 1. The number of hydrogen-bond acceptors (Lipinski definition) is 5. The maximum atomic E-state index is 11.2. The van der Waals surface area contributed by atoms with E-state index >= 15 is 0 Å². The van der Waals surface area contributed by atoms with Gasteiger partial charge in [0.25, 0.3) is 0 Å². The summed E-state index contributed by atoms with van der Waals surface area (Å²) in [5.74, 6) is 0.914. The predicted molar refractivity (Wildman–Crippen MR) is 111 cm³/mol. The predicted octanol–water partition coefficient (Wildman–Crippen LogP) is 2.82. The van der Waals surface area contributed by atoms with E-state index in [4.69, 9.17) is 0 Å². The standard InChI is InChI=1S/C19H25N5O2S/c1-20-18(24-11-9-23(10-12-24)17-4-3-13-27-17)21-14-15-5-7-16(8-6-15)22-19(25)26-2/h3-8,13H,9-12,14H2,1-2H3,(H,20,21)(H,22,25). The highest BCUT2D eigenvalue weighted by Gasteiger charge is 2.20. The molecular weight excluding hydrogens is 362 g/mol. The van der Waals surface area contributed by atoms with Gasteiger partial charge in [0.15, 0.2) is 5.96 Å². The third-order valence-corrected chi connectivity index (χ3v) is 5.37. The molecule has 0 bridgehead atoms. The molecule has 0 saturated carbocycles. The molecule has 0 spiro atoms. The fourth-order valence-electron chi connectivity index (χ4n) is 2.98. The quantitative estimate of drug-likeness (QED) is 0.624. The third kappa shape index (κ3) is 5.13. The van der Waals surface area contributed by atoms with Gasteiger partial charge in [0.05, 0.1) is 12.1 Å². The highest BCUT2D eigenvalue weighted by molar-refractivity contribution is 7.14. The van der Waals surface area contributed by atoms with Crippen LogP contribution in [0.25, 0.3) is 0 Å². The van der Waals surface area contributed by atoms with Gasteiger partial charge in [0.2, 0.25) is 0 Å². The minimum atomic E-state index is -0.469. The van der Waals surface area contributed by atoms with E-state index < -0.39 is 6.09 Å². The highest BCUT2D eigenvalue weighted by atomic mass is 32.1. The minimum absolute atomic E-state index is 0.469. The Labute approximate surface area is 163 Å². The number of piperazine rings is 1. The zero-order valence-electron chi connectivity index (χ0n) is 15.6. The van der Waals surface area contributed by atoms with E-state index in [9.17, 15) is 4.79 Å². The molecule has 1 aromatic heterocycles. The van der Waals surface area contributed by atoms with Crippen molar-refractivity contribution in [3.8, 4) is 0 Å². The summed E-state index contributed by atoms with van der Waals surface area (Å²) < 4.78 is 4.59. The molecule has 2 heterocycles. The van der Waals surface area contributed by atoms with Crippen LogP contribution < -0.4 is 15.5 Å². The molecule has 1 fully saturated rings. The van der Waals surface area contributed by atoms with Crippen LogP contribution in [0.2, 0.25) is 0 Å². The molecular formula is C19H25N5O2S. The van der Waals surface area contributed by atoms with Gasteiger partial charge < -0.3 is 19.9 Å². The smallest absolute Gasteiger partial charge is 0.411 e. The summed E-state index contributed by atoms with van der Waals surface area (Å²) in [5.41, 5.74) is 1.82. The Morgan fingerprint density at radius 2 is 1.93 bits per heavy atom. The lowest BCUT2D eigenvalue weighted by Gasteiger charge is -2.37. The van der Waals surface area contributed by atoms with E-state index in [1.807, 2.05) is 31.3 Å². The average molecular weight is 388 g/mol. The van der Waals surface area contributed by atoms with Crippen molar-refractivity contribution >= 4 is 34.1 Å². The first-order valence-corrected chi connectivity index (χ1v) is 9.75. The summed E-state index contributed by atoms with van der Waals surface area (Å²) in [5, 5.41) is 9.52. The van der Waals surface area contributed by atoms with Gasteiger partial charge in [0.1, 0.15) is 0 Å². The molecule has 0 aliphatic carbocycles. The minimum Gasteiger partial charge on any atom is -0.453 e. The summed E-state index contributed by atoms with van der Waals surface area (Å²) in [6, 6.07) is 11.9. The van der Waals surface area contributed by atoms with E-state index in [0.717, 1.165) is 37.7 Å². The van der Waals surface area contributed by atoms with Crippen LogP contribution in [0.1, 0.15) is 5.56 Å². The average Bonchev–Trinajstić information content (AvgIpc) is 3.25. The molecule has 3 rings (SSSR count).